The van der Waals surface area contributed by atoms with Crippen LogP contribution in [0.25, 0.3) is 0 Å². The Balaban J connectivity index is 2.13. The average molecular weight is 309 g/mol. The third-order valence-corrected chi connectivity index (χ3v) is 3.29. The maximum atomic E-state index is 13.4. The standard InChI is InChI=1S/C14H14BrFN2/c1-9-3-11(7-17-6-9)8-18-14-5-13(16)12(15)4-10(14)2/h3-7,18H,8H2,1-2H3. The van der Waals surface area contributed by atoms with Crippen LogP contribution in [0.2, 0.25) is 0 Å². The molecule has 0 saturated heterocycles. The number of halogens is 2. The molecule has 0 spiro atoms. The van der Waals surface area contributed by atoms with E-state index in [1.807, 2.05) is 26.2 Å². The zero-order valence-corrected chi connectivity index (χ0v) is 11.9. The van der Waals surface area contributed by atoms with Crippen molar-refractivity contribution in [3.63, 3.8) is 0 Å². The summed E-state index contributed by atoms with van der Waals surface area (Å²) in [6, 6.07) is 5.33. The summed E-state index contributed by atoms with van der Waals surface area (Å²) < 4.78 is 13.9. The van der Waals surface area contributed by atoms with Gasteiger partial charge in [0, 0.05) is 24.6 Å². The minimum Gasteiger partial charge on any atom is -0.381 e. The molecule has 2 rings (SSSR count). The first-order valence-corrected chi connectivity index (χ1v) is 6.45. The molecule has 1 heterocycles. The van der Waals surface area contributed by atoms with Gasteiger partial charge < -0.3 is 5.32 Å². The highest BCUT2D eigenvalue weighted by Crippen LogP contribution is 2.24. The maximum absolute atomic E-state index is 13.4. The van der Waals surface area contributed by atoms with Gasteiger partial charge >= 0.3 is 0 Å². The molecule has 0 saturated carbocycles. The topological polar surface area (TPSA) is 24.9 Å². The van der Waals surface area contributed by atoms with E-state index in [0.717, 1.165) is 22.4 Å². The minimum atomic E-state index is -0.259. The van der Waals surface area contributed by atoms with Crippen molar-refractivity contribution in [3.8, 4) is 0 Å². The number of rotatable bonds is 3. The molecular weight excluding hydrogens is 295 g/mol. The molecule has 1 aromatic heterocycles. The largest absolute Gasteiger partial charge is 0.381 e. The lowest BCUT2D eigenvalue weighted by atomic mass is 10.1. The molecule has 0 aliphatic carbocycles. The Bertz CT molecular complexity index is 570. The van der Waals surface area contributed by atoms with Crippen LogP contribution in [0.1, 0.15) is 16.7 Å². The molecule has 94 valence electrons. The maximum Gasteiger partial charge on any atom is 0.139 e. The molecule has 0 aliphatic heterocycles. The van der Waals surface area contributed by atoms with E-state index in [1.165, 1.54) is 6.07 Å². The molecule has 1 N–H and O–H groups in total. The summed E-state index contributed by atoms with van der Waals surface area (Å²) in [5.74, 6) is -0.259. The van der Waals surface area contributed by atoms with E-state index in [9.17, 15) is 4.39 Å². The normalized spacial score (nSPS) is 10.4. The van der Waals surface area contributed by atoms with Crippen molar-refractivity contribution in [2.45, 2.75) is 20.4 Å². The summed E-state index contributed by atoms with van der Waals surface area (Å²) in [6.07, 6.45) is 3.62. The van der Waals surface area contributed by atoms with Crippen LogP contribution in [0, 0.1) is 19.7 Å². The van der Waals surface area contributed by atoms with Crippen molar-refractivity contribution in [3.05, 3.63) is 57.6 Å². The number of anilines is 1. The molecule has 0 radical (unpaired) electrons. The zero-order chi connectivity index (χ0) is 13.1. The van der Waals surface area contributed by atoms with Gasteiger partial charge in [0.25, 0.3) is 0 Å². The molecular formula is C14H14BrFN2. The van der Waals surface area contributed by atoms with Gasteiger partial charge in [-0.1, -0.05) is 6.07 Å². The van der Waals surface area contributed by atoms with Gasteiger partial charge in [0.1, 0.15) is 5.82 Å². The molecule has 2 aromatic rings. The molecule has 0 unspecified atom stereocenters. The summed E-state index contributed by atoms with van der Waals surface area (Å²) in [7, 11) is 0. The van der Waals surface area contributed by atoms with E-state index in [-0.39, 0.29) is 5.82 Å². The quantitative estimate of drug-likeness (QED) is 0.918. The van der Waals surface area contributed by atoms with Gasteiger partial charge in [-0.3, -0.25) is 4.98 Å². The summed E-state index contributed by atoms with van der Waals surface area (Å²) in [6.45, 7) is 4.58. The fraction of sp³-hybridized carbons (Fsp3) is 0.214. The monoisotopic (exact) mass is 308 g/mol. The van der Waals surface area contributed by atoms with Crippen molar-refractivity contribution in [2.24, 2.45) is 0 Å². The fourth-order valence-corrected chi connectivity index (χ4v) is 2.21. The number of hydrogen-bond acceptors (Lipinski definition) is 2. The van der Waals surface area contributed by atoms with Crippen molar-refractivity contribution >= 4 is 21.6 Å². The zero-order valence-electron chi connectivity index (χ0n) is 10.3. The highest BCUT2D eigenvalue weighted by molar-refractivity contribution is 9.10. The second-order valence-electron chi connectivity index (χ2n) is 4.31. The predicted molar refractivity (Wildman–Crippen MR) is 75.1 cm³/mol. The Hall–Kier alpha value is -1.42. The lowest BCUT2D eigenvalue weighted by Crippen LogP contribution is -2.02. The molecule has 4 heteroatoms. The number of aryl methyl sites for hydroxylation is 2. The SMILES string of the molecule is Cc1cncc(CNc2cc(F)c(Br)cc2C)c1. The Morgan fingerprint density at radius 3 is 2.72 bits per heavy atom. The number of nitrogens with one attached hydrogen (secondary N) is 1. The predicted octanol–water partition coefficient (Wildman–Crippen LogP) is 4.21. The third kappa shape index (κ3) is 3.07. The smallest absolute Gasteiger partial charge is 0.139 e. The Kier molecular flexibility index (Phi) is 3.97. The number of hydrogen-bond donors (Lipinski definition) is 1. The third-order valence-electron chi connectivity index (χ3n) is 2.68. The number of aromatic nitrogens is 1. The van der Waals surface area contributed by atoms with Crippen molar-refractivity contribution < 1.29 is 4.39 Å². The second kappa shape index (κ2) is 5.48. The first-order valence-electron chi connectivity index (χ1n) is 5.66. The molecule has 0 amide bonds. The Labute approximate surface area is 114 Å². The van der Waals surface area contributed by atoms with Crippen LogP contribution in [0.5, 0.6) is 0 Å². The highest BCUT2D eigenvalue weighted by Gasteiger charge is 2.05. The van der Waals surface area contributed by atoms with E-state index in [4.69, 9.17) is 0 Å². The van der Waals surface area contributed by atoms with Gasteiger partial charge in [0.05, 0.1) is 4.47 Å². The van der Waals surface area contributed by atoms with E-state index < -0.39 is 0 Å². The lowest BCUT2D eigenvalue weighted by Gasteiger charge is -2.10. The van der Waals surface area contributed by atoms with Crippen molar-refractivity contribution in [2.75, 3.05) is 5.32 Å². The summed E-state index contributed by atoms with van der Waals surface area (Å²) in [5.41, 5.74) is 4.01. The van der Waals surface area contributed by atoms with Gasteiger partial charge in [-0.25, -0.2) is 4.39 Å². The number of nitrogens with zero attached hydrogens (tertiary/aromatic N) is 1. The summed E-state index contributed by atoms with van der Waals surface area (Å²) >= 11 is 3.17. The van der Waals surface area contributed by atoms with Crippen molar-refractivity contribution in [1.29, 1.82) is 0 Å². The van der Waals surface area contributed by atoms with E-state index in [1.54, 1.807) is 6.07 Å². The highest BCUT2D eigenvalue weighted by atomic mass is 79.9. The van der Waals surface area contributed by atoms with E-state index in [0.29, 0.717) is 11.0 Å². The molecule has 0 bridgehead atoms. The van der Waals surface area contributed by atoms with Gasteiger partial charge in [-0.15, -0.1) is 0 Å². The second-order valence-corrected chi connectivity index (χ2v) is 5.16. The number of pyridine rings is 1. The molecule has 0 atom stereocenters. The van der Waals surface area contributed by atoms with Crippen LogP contribution in [0.4, 0.5) is 10.1 Å². The van der Waals surface area contributed by atoms with Crippen LogP contribution in [-0.2, 0) is 6.54 Å². The molecule has 18 heavy (non-hydrogen) atoms. The summed E-state index contributed by atoms with van der Waals surface area (Å²) in [5, 5.41) is 3.22. The van der Waals surface area contributed by atoms with Crippen LogP contribution >= 0.6 is 15.9 Å². The Morgan fingerprint density at radius 1 is 1.22 bits per heavy atom. The fourth-order valence-electron chi connectivity index (χ4n) is 1.75. The van der Waals surface area contributed by atoms with Crippen LogP contribution in [-0.4, -0.2) is 4.98 Å². The van der Waals surface area contributed by atoms with E-state index in [2.05, 4.69) is 32.3 Å². The molecule has 2 nitrogen and oxygen atoms in total. The Morgan fingerprint density at radius 2 is 2.00 bits per heavy atom. The van der Waals surface area contributed by atoms with Crippen molar-refractivity contribution in [1.82, 2.24) is 4.98 Å². The lowest BCUT2D eigenvalue weighted by molar-refractivity contribution is 0.621. The van der Waals surface area contributed by atoms with Gasteiger partial charge in [-0.05, 0) is 58.6 Å². The minimum absolute atomic E-state index is 0.259. The van der Waals surface area contributed by atoms with Crippen LogP contribution < -0.4 is 5.32 Å². The number of benzene rings is 1. The van der Waals surface area contributed by atoms with E-state index >= 15 is 0 Å². The van der Waals surface area contributed by atoms with Gasteiger partial charge in [0.15, 0.2) is 0 Å². The first-order chi connectivity index (χ1) is 8.56. The molecule has 0 fully saturated rings. The molecule has 1 aromatic carbocycles. The van der Waals surface area contributed by atoms with Gasteiger partial charge in [0.2, 0.25) is 0 Å². The summed E-state index contributed by atoms with van der Waals surface area (Å²) in [4.78, 5) is 4.13. The molecule has 0 aliphatic rings. The average Bonchev–Trinajstić information content (AvgIpc) is 2.32. The van der Waals surface area contributed by atoms with Crippen LogP contribution in [0.3, 0.4) is 0 Å². The van der Waals surface area contributed by atoms with Crippen LogP contribution in [0.15, 0.2) is 35.1 Å². The first kappa shape index (κ1) is 13.0. The van der Waals surface area contributed by atoms with Gasteiger partial charge in [-0.2, -0.15) is 0 Å².